The molecule has 16 heavy (non-hydrogen) atoms. The lowest BCUT2D eigenvalue weighted by Crippen LogP contribution is -2.23. The van der Waals surface area contributed by atoms with Crippen LogP contribution in [0.2, 0.25) is 15.1 Å². The molecule has 1 saturated heterocycles. The molecule has 0 bridgehead atoms. The van der Waals surface area contributed by atoms with Gasteiger partial charge in [0.15, 0.2) is 0 Å². The normalized spacial score (nSPS) is 20.5. The lowest BCUT2D eigenvalue weighted by Gasteiger charge is -2.21. The van der Waals surface area contributed by atoms with E-state index in [0.717, 1.165) is 25.2 Å². The number of rotatable bonds is 2. The second kappa shape index (κ2) is 5.01. The third kappa shape index (κ3) is 2.40. The first-order valence-corrected chi connectivity index (χ1v) is 6.34. The molecule has 1 aromatic rings. The van der Waals surface area contributed by atoms with Crippen molar-refractivity contribution in [2.24, 2.45) is 11.7 Å². The highest BCUT2D eigenvalue weighted by molar-refractivity contribution is 6.41. The van der Waals surface area contributed by atoms with Crippen molar-refractivity contribution >= 4 is 40.5 Å². The fraction of sp³-hybridized carbons (Fsp3) is 0.455. The van der Waals surface area contributed by atoms with Crippen LogP contribution in [0, 0.1) is 5.92 Å². The number of nitrogens with two attached hydrogens (primary N) is 1. The molecule has 0 aromatic heterocycles. The second-order valence-corrected chi connectivity index (χ2v) is 5.31. The molecule has 0 radical (unpaired) electrons. The van der Waals surface area contributed by atoms with Crippen LogP contribution in [0.5, 0.6) is 0 Å². The van der Waals surface area contributed by atoms with Gasteiger partial charge in [0, 0.05) is 18.1 Å². The molecule has 2 N–H and O–H groups in total. The molecule has 0 amide bonds. The van der Waals surface area contributed by atoms with Crippen molar-refractivity contribution < 1.29 is 0 Å². The molecule has 0 saturated carbocycles. The van der Waals surface area contributed by atoms with Crippen molar-refractivity contribution in [1.29, 1.82) is 0 Å². The van der Waals surface area contributed by atoms with Crippen molar-refractivity contribution in [2.45, 2.75) is 6.42 Å². The Morgan fingerprint density at radius 3 is 2.38 bits per heavy atom. The first kappa shape index (κ1) is 12.3. The number of nitrogens with zero attached hydrogens (tertiary/aromatic N) is 1. The van der Waals surface area contributed by atoms with E-state index in [1.165, 1.54) is 0 Å². The summed E-state index contributed by atoms with van der Waals surface area (Å²) in [4.78, 5) is 2.18. The Morgan fingerprint density at radius 1 is 1.25 bits per heavy atom. The molecular formula is C11H13Cl3N2. The van der Waals surface area contributed by atoms with E-state index in [2.05, 4.69) is 4.90 Å². The van der Waals surface area contributed by atoms with Crippen LogP contribution in [0.15, 0.2) is 12.1 Å². The fourth-order valence-corrected chi connectivity index (χ4v) is 3.12. The predicted octanol–water partition coefficient (Wildman–Crippen LogP) is 3.43. The van der Waals surface area contributed by atoms with Crippen LogP contribution in [-0.4, -0.2) is 19.6 Å². The summed E-state index contributed by atoms with van der Waals surface area (Å²) >= 11 is 18.2. The summed E-state index contributed by atoms with van der Waals surface area (Å²) in [6, 6.07) is 3.44. The molecule has 1 aliphatic rings. The minimum Gasteiger partial charge on any atom is -0.369 e. The average Bonchev–Trinajstić information content (AvgIpc) is 2.64. The van der Waals surface area contributed by atoms with Crippen molar-refractivity contribution in [3.05, 3.63) is 27.2 Å². The summed E-state index contributed by atoms with van der Waals surface area (Å²) in [6.07, 6.45) is 1.09. The molecule has 1 heterocycles. The van der Waals surface area contributed by atoms with Gasteiger partial charge in [0.25, 0.3) is 0 Å². The maximum atomic E-state index is 6.16. The summed E-state index contributed by atoms with van der Waals surface area (Å²) < 4.78 is 0. The monoisotopic (exact) mass is 278 g/mol. The molecule has 0 aliphatic carbocycles. The van der Waals surface area contributed by atoms with E-state index < -0.39 is 0 Å². The van der Waals surface area contributed by atoms with E-state index in [9.17, 15) is 0 Å². The van der Waals surface area contributed by atoms with E-state index >= 15 is 0 Å². The van der Waals surface area contributed by atoms with Crippen LogP contribution in [0.3, 0.4) is 0 Å². The van der Waals surface area contributed by atoms with Gasteiger partial charge in [-0.1, -0.05) is 34.8 Å². The summed E-state index contributed by atoms with van der Waals surface area (Å²) in [5.74, 6) is 0.530. The van der Waals surface area contributed by atoms with Gasteiger partial charge in [0.1, 0.15) is 0 Å². The predicted molar refractivity (Wildman–Crippen MR) is 70.8 cm³/mol. The molecule has 1 aliphatic heterocycles. The summed E-state index contributed by atoms with van der Waals surface area (Å²) in [5.41, 5.74) is 6.54. The van der Waals surface area contributed by atoms with Gasteiger partial charge in [-0.15, -0.1) is 0 Å². The first-order chi connectivity index (χ1) is 7.61. The third-order valence-corrected chi connectivity index (χ3v) is 3.71. The van der Waals surface area contributed by atoms with Gasteiger partial charge < -0.3 is 10.6 Å². The van der Waals surface area contributed by atoms with Crippen LogP contribution >= 0.6 is 34.8 Å². The van der Waals surface area contributed by atoms with Crippen molar-refractivity contribution in [1.82, 2.24) is 0 Å². The minimum absolute atomic E-state index is 0.530. The molecule has 1 fully saturated rings. The van der Waals surface area contributed by atoms with Gasteiger partial charge in [-0.05, 0) is 31.0 Å². The Balaban J connectivity index is 2.28. The van der Waals surface area contributed by atoms with Crippen LogP contribution in [0.4, 0.5) is 5.69 Å². The van der Waals surface area contributed by atoms with Crippen molar-refractivity contribution in [2.75, 3.05) is 24.5 Å². The molecule has 88 valence electrons. The zero-order valence-corrected chi connectivity index (χ0v) is 11.0. The van der Waals surface area contributed by atoms with Crippen molar-refractivity contribution in [3.8, 4) is 0 Å². The lowest BCUT2D eigenvalue weighted by molar-refractivity contribution is 0.603. The Hall–Kier alpha value is -0.150. The highest BCUT2D eigenvalue weighted by Crippen LogP contribution is 2.38. The van der Waals surface area contributed by atoms with Gasteiger partial charge in [-0.3, -0.25) is 0 Å². The Morgan fingerprint density at radius 2 is 1.88 bits per heavy atom. The summed E-state index contributed by atoms with van der Waals surface area (Å²) in [5, 5.41) is 1.78. The standard InChI is InChI=1S/C11H13Cl3N2/c12-8-3-9(13)11(10(14)4-8)16-2-1-7(5-15)6-16/h3-4,7H,1-2,5-6,15H2. The highest BCUT2D eigenvalue weighted by Gasteiger charge is 2.24. The van der Waals surface area contributed by atoms with Gasteiger partial charge in [-0.2, -0.15) is 0 Å². The minimum atomic E-state index is 0.530. The van der Waals surface area contributed by atoms with E-state index in [4.69, 9.17) is 40.5 Å². The van der Waals surface area contributed by atoms with E-state index in [-0.39, 0.29) is 0 Å². The number of anilines is 1. The number of benzene rings is 1. The first-order valence-electron chi connectivity index (χ1n) is 5.21. The Labute approximate surface area is 110 Å². The molecule has 2 rings (SSSR count). The molecule has 2 nitrogen and oxygen atoms in total. The number of hydrogen-bond acceptors (Lipinski definition) is 2. The summed E-state index contributed by atoms with van der Waals surface area (Å²) in [6.45, 7) is 2.57. The Kier molecular flexibility index (Phi) is 3.85. The number of halogens is 3. The van der Waals surface area contributed by atoms with Gasteiger partial charge in [0.2, 0.25) is 0 Å². The van der Waals surface area contributed by atoms with Gasteiger partial charge in [-0.25, -0.2) is 0 Å². The smallest absolute Gasteiger partial charge is 0.0746 e. The Bertz CT molecular complexity index is 372. The zero-order valence-electron chi connectivity index (χ0n) is 8.72. The molecule has 1 aromatic carbocycles. The van der Waals surface area contributed by atoms with E-state index in [0.29, 0.717) is 27.5 Å². The summed E-state index contributed by atoms with van der Waals surface area (Å²) in [7, 11) is 0. The van der Waals surface area contributed by atoms with E-state index in [1.807, 2.05) is 0 Å². The highest BCUT2D eigenvalue weighted by atomic mass is 35.5. The van der Waals surface area contributed by atoms with Crippen molar-refractivity contribution in [3.63, 3.8) is 0 Å². The number of hydrogen-bond donors (Lipinski definition) is 1. The third-order valence-electron chi connectivity index (χ3n) is 2.92. The zero-order chi connectivity index (χ0) is 11.7. The van der Waals surface area contributed by atoms with Gasteiger partial charge >= 0.3 is 0 Å². The maximum Gasteiger partial charge on any atom is 0.0746 e. The van der Waals surface area contributed by atoms with E-state index in [1.54, 1.807) is 12.1 Å². The van der Waals surface area contributed by atoms with Gasteiger partial charge in [0.05, 0.1) is 15.7 Å². The average molecular weight is 280 g/mol. The topological polar surface area (TPSA) is 29.3 Å². The van der Waals surface area contributed by atoms with Crippen LogP contribution in [0.1, 0.15) is 6.42 Å². The second-order valence-electron chi connectivity index (χ2n) is 4.05. The SMILES string of the molecule is NCC1CCN(c2c(Cl)cc(Cl)cc2Cl)C1. The lowest BCUT2D eigenvalue weighted by atomic mass is 10.1. The van der Waals surface area contributed by atoms with Crippen LogP contribution in [-0.2, 0) is 0 Å². The maximum absolute atomic E-state index is 6.16. The quantitative estimate of drug-likeness (QED) is 0.898. The van der Waals surface area contributed by atoms with Crippen LogP contribution in [0.25, 0.3) is 0 Å². The van der Waals surface area contributed by atoms with Crippen LogP contribution < -0.4 is 10.6 Å². The molecule has 5 heteroatoms. The molecule has 1 unspecified atom stereocenters. The molecular weight excluding hydrogens is 266 g/mol. The molecule has 1 atom stereocenters. The molecule has 0 spiro atoms. The fourth-order valence-electron chi connectivity index (χ4n) is 2.06. The largest absolute Gasteiger partial charge is 0.369 e.